The lowest BCUT2D eigenvalue weighted by Gasteiger charge is -2.36. The van der Waals surface area contributed by atoms with Gasteiger partial charge in [-0.1, -0.05) is 23.7 Å². The molecule has 1 atom stereocenters. The van der Waals surface area contributed by atoms with Crippen molar-refractivity contribution < 1.29 is 9.59 Å². The summed E-state index contributed by atoms with van der Waals surface area (Å²) in [6.45, 7) is 11.5. The molecule has 0 aliphatic carbocycles. The van der Waals surface area contributed by atoms with Crippen molar-refractivity contribution in [2.24, 2.45) is 0 Å². The van der Waals surface area contributed by atoms with Gasteiger partial charge in [-0.2, -0.15) is 0 Å². The van der Waals surface area contributed by atoms with Gasteiger partial charge in [-0.15, -0.1) is 0 Å². The number of carbonyl (C=O) groups excluding carboxylic acids is 2. The third-order valence-electron chi connectivity index (χ3n) is 4.98. The van der Waals surface area contributed by atoms with Crippen LogP contribution in [-0.4, -0.2) is 78.4 Å². The van der Waals surface area contributed by atoms with Crippen molar-refractivity contribution in [3.63, 3.8) is 0 Å². The predicted molar refractivity (Wildman–Crippen MR) is 113 cm³/mol. The summed E-state index contributed by atoms with van der Waals surface area (Å²) in [6, 6.07) is 7.85. The van der Waals surface area contributed by atoms with Gasteiger partial charge in [-0.3, -0.25) is 19.4 Å². The van der Waals surface area contributed by atoms with Crippen LogP contribution in [0.3, 0.4) is 0 Å². The highest BCUT2D eigenvalue weighted by atomic mass is 35.5. The lowest BCUT2D eigenvalue weighted by Crippen LogP contribution is -2.54. The van der Waals surface area contributed by atoms with Crippen molar-refractivity contribution in [1.82, 2.24) is 20.0 Å². The molecule has 1 unspecified atom stereocenters. The smallest absolute Gasteiger partial charge is 0.236 e. The second kappa shape index (κ2) is 9.72. The molecule has 7 heteroatoms. The van der Waals surface area contributed by atoms with Crippen LogP contribution in [0.5, 0.6) is 0 Å². The maximum atomic E-state index is 12.7. The predicted octanol–water partition coefficient (Wildman–Crippen LogP) is 2.39. The normalized spacial score (nSPS) is 16.9. The van der Waals surface area contributed by atoms with Gasteiger partial charge in [0.15, 0.2) is 0 Å². The summed E-state index contributed by atoms with van der Waals surface area (Å²) in [7, 11) is 1.95. The number of rotatable bonds is 6. The molecule has 6 nitrogen and oxygen atoms in total. The van der Waals surface area contributed by atoms with E-state index in [0.717, 1.165) is 18.7 Å². The molecule has 1 saturated heterocycles. The number of likely N-dealkylation sites (N-methyl/N-ethyl adjacent to an activating group) is 1. The maximum absolute atomic E-state index is 12.7. The van der Waals surface area contributed by atoms with Gasteiger partial charge in [0.05, 0.1) is 13.1 Å². The summed E-state index contributed by atoms with van der Waals surface area (Å²) in [6.07, 6.45) is 0. The average Bonchev–Trinajstić information content (AvgIpc) is 2.59. The molecule has 156 valence electrons. The number of hydrogen-bond acceptors (Lipinski definition) is 4. The van der Waals surface area contributed by atoms with E-state index in [1.54, 1.807) is 0 Å². The molecule has 1 aromatic carbocycles. The zero-order valence-corrected chi connectivity index (χ0v) is 18.4. The van der Waals surface area contributed by atoms with Gasteiger partial charge < -0.3 is 10.2 Å². The van der Waals surface area contributed by atoms with Crippen LogP contribution >= 0.6 is 11.6 Å². The number of benzene rings is 1. The minimum Gasteiger partial charge on any atom is -0.350 e. The van der Waals surface area contributed by atoms with Crippen molar-refractivity contribution in [3.05, 3.63) is 34.9 Å². The molecule has 0 bridgehead atoms. The number of nitrogens with zero attached hydrogens (tertiary/aromatic N) is 3. The highest BCUT2D eigenvalue weighted by Crippen LogP contribution is 2.21. The lowest BCUT2D eigenvalue weighted by atomic mass is 10.1. The average molecular weight is 409 g/mol. The van der Waals surface area contributed by atoms with Gasteiger partial charge in [0, 0.05) is 42.8 Å². The van der Waals surface area contributed by atoms with Crippen LogP contribution in [0.1, 0.15) is 39.3 Å². The first-order chi connectivity index (χ1) is 13.0. The second-order valence-corrected chi connectivity index (χ2v) is 9.04. The van der Waals surface area contributed by atoms with E-state index in [0.29, 0.717) is 31.2 Å². The quantitative estimate of drug-likeness (QED) is 0.785. The lowest BCUT2D eigenvalue weighted by molar-refractivity contribution is -0.134. The fourth-order valence-corrected chi connectivity index (χ4v) is 3.49. The summed E-state index contributed by atoms with van der Waals surface area (Å²) >= 11 is 6.08. The molecule has 0 radical (unpaired) electrons. The van der Waals surface area contributed by atoms with E-state index < -0.39 is 0 Å². The Labute approximate surface area is 173 Å². The molecule has 1 fully saturated rings. The van der Waals surface area contributed by atoms with Crippen molar-refractivity contribution in [2.75, 3.05) is 46.3 Å². The fraction of sp³-hybridized carbons (Fsp3) is 0.619. The van der Waals surface area contributed by atoms with Gasteiger partial charge in [-0.25, -0.2) is 0 Å². The first-order valence-corrected chi connectivity index (χ1v) is 10.2. The summed E-state index contributed by atoms with van der Waals surface area (Å²) in [5.41, 5.74) is 0.872. The van der Waals surface area contributed by atoms with Gasteiger partial charge in [0.1, 0.15) is 0 Å². The second-order valence-electron chi connectivity index (χ2n) is 8.60. The monoisotopic (exact) mass is 408 g/mol. The van der Waals surface area contributed by atoms with Crippen molar-refractivity contribution in [3.8, 4) is 0 Å². The van der Waals surface area contributed by atoms with Crippen LogP contribution in [-0.2, 0) is 9.59 Å². The molecule has 28 heavy (non-hydrogen) atoms. The van der Waals surface area contributed by atoms with Gasteiger partial charge in [0.2, 0.25) is 11.8 Å². The largest absolute Gasteiger partial charge is 0.350 e. The van der Waals surface area contributed by atoms with E-state index in [4.69, 9.17) is 11.6 Å². The van der Waals surface area contributed by atoms with E-state index >= 15 is 0 Å². The number of halogens is 1. The Hall–Kier alpha value is -1.63. The third-order valence-corrected chi connectivity index (χ3v) is 5.22. The van der Waals surface area contributed by atoms with Gasteiger partial charge >= 0.3 is 0 Å². The van der Waals surface area contributed by atoms with Crippen LogP contribution in [0.25, 0.3) is 0 Å². The Morgan fingerprint density at radius 1 is 1.21 bits per heavy atom. The molecular formula is C21H33ClN4O2. The zero-order chi connectivity index (χ0) is 20.9. The Bertz CT molecular complexity index is 681. The Morgan fingerprint density at radius 2 is 1.86 bits per heavy atom. The zero-order valence-electron chi connectivity index (χ0n) is 17.7. The van der Waals surface area contributed by atoms with Crippen molar-refractivity contribution >= 4 is 23.4 Å². The van der Waals surface area contributed by atoms with Gasteiger partial charge in [0.25, 0.3) is 0 Å². The van der Waals surface area contributed by atoms with E-state index in [-0.39, 0.29) is 23.4 Å². The van der Waals surface area contributed by atoms with Crippen molar-refractivity contribution in [2.45, 2.75) is 39.3 Å². The van der Waals surface area contributed by atoms with Crippen LogP contribution in [0.4, 0.5) is 0 Å². The summed E-state index contributed by atoms with van der Waals surface area (Å²) in [5, 5.41) is 3.69. The molecule has 1 aliphatic heterocycles. The third kappa shape index (κ3) is 7.08. The molecular weight excluding hydrogens is 376 g/mol. The summed E-state index contributed by atoms with van der Waals surface area (Å²) in [5.74, 6) is 0.150. The molecule has 2 amide bonds. The molecule has 1 N–H and O–H groups in total. The molecule has 1 aromatic rings. The van der Waals surface area contributed by atoms with Gasteiger partial charge in [-0.05, 0) is 52.4 Å². The highest BCUT2D eigenvalue weighted by molar-refractivity contribution is 6.30. The molecule has 2 rings (SSSR count). The number of amides is 2. The van der Waals surface area contributed by atoms with E-state index in [9.17, 15) is 9.59 Å². The number of carbonyl (C=O) groups is 2. The summed E-state index contributed by atoms with van der Waals surface area (Å²) < 4.78 is 0. The highest BCUT2D eigenvalue weighted by Gasteiger charge is 2.25. The van der Waals surface area contributed by atoms with E-state index in [1.807, 2.05) is 61.9 Å². The van der Waals surface area contributed by atoms with Crippen LogP contribution < -0.4 is 5.32 Å². The standard InChI is InChI=1S/C21H33ClN4O2/c1-16(17-7-6-8-18(22)13-17)24(5)15-20(28)26-11-9-25(10-12-26)14-19(27)23-21(2,3)4/h6-8,13,16H,9-12,14-15H2,1-5H3,(H,23,27). The Morgan fingerprint density at radius 3 is 2.43 bits per heavy atom. The maximum Gasteiger partial charge on any atom is 0.236 e. The first kappa shape index (κ1) is 22.7. The summed E-state index contributed by atoms with van der Waals surface area (Å²) in [4.78, 5) is 30.8. The SMILES string of the molecule is CC(c1cccc(Cl)c1)N(C)CC(=O)N1CCN(CC(=O)NC(C)(C)C)CC1. The van der Waals surface area contributed by atoms with Crippen LogP contribution in [0.15, 0.2) is 24.3 Å². The molecule has 0 saturated carbocycles. The number of piperazine rings is 1. The molecule has 1 aliphatic rings. The Kier molecular flexibility index (Phi) is 7.87. The number of nitrogens with one attached hydrogen (secondary N) is 1. The fourth-order valence-electron chi connectivity index (χ4n) is 3.29. The van der Waals surface area contributed by atoms with E-state index in [1.165, 1.54) is 0 Å². The molecule has 0 aromatic heterocycles. The molecule has 0 spiro atoms. The minimum atomic E-state index is -0.223. The van der Waals surface area contributed by atoms with Crippen molar-refractivity contribution in [1.29, 1.82) is 0 Å². The molecule has 1 heterocycles. The van der Waals surface area contributed by atoms with E-state index in [2.05, 4.69) is 17.1 Å². The van der Waals surface area contributed by atoms with Crippen LogP contribution in [0, 0.1) is 0 Å². The Balaban J connectivity index is 1.79. The number of hydrogen-bond donors (Lipinski definition) is 1. The minimum absolute atomic E-state index is 0.0300. The van der Waals surface area contributed by atoms with Crippen LogP contribution in [0.2, 0.25) is 5.02 Å². The first-order valence-electron chi connectivity index (χ1n) is 9.82. The topological polar surface area (TPSA) is 55.9 Å².